The highest BCUT2D eigenvalue weighted by molar-refractivity contribution is 6.30. The second-order valence-corrected chi connectivity index (χ2v) is 6.64. The number of benzene rings is 1. The highest BCUT2D eigenvalue weighted by Gasteiger charge is 2.44. The summed E-state index contributed by atoms with van der Waals surface area (Å²) in [5.41, 5.74) is 6.06. The fraction of sp³-hybridized carbons (Fsp3) is 0.500. The lowest BCUT2D eigenvalue weighted by atomic mass is 9.88. The van der Waals surface area contributed by atoms with Gasteiger partial charge >= 0.3 is 0 Å². The molecule has 5 nitrogen and oxygen atoms in total. The lowest BCUT2D eigenvalue weighted by molar-refractivity contribution is -0.138. The summed E-state index contributed by atoms with van der Waals surface area (Å²) in [6.45, 7) is 5.02. The summed E-state index contributed by atoms with van der Waals surface area (Å²) in [7, 11) is 0. The van der Waals surface area contributed by atoms with Gasteiger partial charge in [0.15, 0.2) is 0 Å². The molecule has 1 aliphatic heterocycles. The molecule has 2 amide bonds. The molecule has 22 heavy (non-hydrogen) atoms. The molecule has 0 radical (unpaired) electrons. The molecule has 1 aliphatic rings. The van der Waals surface area contributed by atoms with Crippen LogP contribution in [0.15, 0.2) is 24.3 Å². The normalized spacial score (nSPS) is 19.8. The number of carbonyl (C=O) groups excluding carboxylic acids is 2. The van der Waals surface area contributed by atoms with Gasteiger partial charge in [0.25, 0.3) is 0 Å². The lowest BCUT2D eigenvalue weighted by Crippen LogP contribution is -2.48. The molecule has 120 valence electrons. The number of halogens is 1. The molecule has 1 saturated heterocycles. The highest BCUT2D eigenvalue weighted by atomic mass is 35.5. The van der Waals surface area contributed by atoms with E-state index < -0.39 is 5.54 Å². The van der Waals surface area contributed by atoms with Gasteiger partial charge in [0, 0.05) is 36.6 Å². The molecule has 1 fully saturated rings. The standard InChI is InChI=1S/C16H22ClN3O2/c1-16(2)13(9-14(21)19-16)15(22)20(7-6-18)10-11-4-3-5-12(17)8-11/h3-5,8,13H,6-7,9-10,18H2,1-2H3,(H,19,21)/t13-/m1/s1. The third-order valence-corrected chi connectivity index (χ3v) is 4.23. The number of hydrogen-bond donors (Lipinski definition) is 2. The lowest BCUT2D eigenvalue weighted by Gasteiger charge is -2.31. The van der Waals surface area contributed by atoms with E-state index in [1.165, 1.54) is 0 Å². The molecule has 1 aromatic rings. The van der Waals surface area contributed by atoms with E-state index in [1.807, 2.05) is 32.0 Å². The number of carbonyl (C=O) groups is 2. The molecule has 0 spiro atoms. The zero-order valence-electron chi connectivity index (χ0n) is 12.9. The highest BCUT2D eigenvalue weighted by Crippen LogP contribution is 2.29. The molecule has 1 aromatic carbocycles. The molecule has 3 N–H and O–H groups in total. The van der Waals surface area contributed by atoms with E-state index in [9.17, 15) is 9.59 Å². The van der Waals surface area contributed by atoms with Crippen molar-refractivity contribution in [3.63, 3.8) is 0 Å². The van der Waals surface area contributed by atoms with Crippen molar-refractivity contribution in [3.05, 3.63) is 34.9 Å². The van der Waals surface area contributed by atoms with E-state index in [-0.39, 0.29) is 24.2 Å². The van der Waals surface area contributed by atoms with Crippen LogP contribution >= 0.6 is 11.6 Å². The fourth-order valence-electron chi connectivity index (χ4n) is 2.83. The zero-order valence-corrected chi connectivity index (χ0v) is 13.7. The maximum absolute atomic E-state index is 12.8. The van der Waals surface area contributed by atoms with Gasteiger partial charge in [-0.2, -0.15) is 0 Å². The van der Waals surface area contributed by atoms with E-state index in [2.05, 4.69) is 5.32 Å². The summed E-state index contributed by atoms with van der Waals surface area (Å²) in [5, 5.41) is 3.49. The smallest absolute Gasteiger partial charge is 0.228 e. The Balaban J connectivity index is 2.17. The minimum absolute atomic E-state index is 0.0474. The SMILES string of the molecule is CC1(C)NC(=O)C[C@@H]1C(=O)N(CCN)Cc1cccc(Cl)c1. The average Bonchev–Trinajstić information content (AvgIpc) is 2.70. The Bertz CT molecular complexity index is 574. The molecule has 1 atom stereocenters. The maximum atomic E-state index is 12.8. The molecule has 0 aliphatic carbocycles. The first-order chi connectivity index (χ1) is 10.3. The summed E-state index contributed by atoms with van der Waals surface area (Å²) < 4.78 is 0. The fourth-order valence-corrected chi connectivity index (χ4v) is 3.05. The van der Waals surface area contributed by atoms with Crippen molar-refractivity contribution in [2.24, 2.45) is 11.7 Å². The predicted molar refractivity (Wildman–Crippen MR) is 86.3 cm³/mol. The van der Waals surface area contributed by atoms with Gasteiger partial charge in [0.1, 0.15) is 0 Å². The Morgan fingerprint density at radius 1 is 1.50 bits per heavy atom. The first-order valence-electron chi connectivity index (χ1n) is 7.38. The van der Waals surface area contributed by atoms with Gasteiger partial charge in [-0.1, -0.05) is 23.7 Å². The Morgan fingerprint density at radius 3 is 2.77 bits per heavy atom. The van der Waals surface area contributed by atoms with Gasteiger partial charge in [-0.25, -0.2) is 0 Å². The Morgan fingerprint density at radius 2 is 2.23 bits per heavy atom. The summed E-state index contributed by atoms with van der Waals surface area (Å²) in [4.78, 5) is 26.2. The Kier molecular flexibility index (Phi) is 5.08. The van der Waals surface area contributed by atoms with Crippen molar-refractivity contribution in [2.75, 3.05) is 13.1 Å². The van der Waals surface area contributed by atoms with Crippen molar-refractivity contribution in [3.8, 4) is 0 Å². The first-order valence-corrected chi connectivity index (χ1v) is 7.75. The van der Waals surface area contributed by atoms with Crippen molar-refractivity contribution in [1.82, 2.24) is 10.2 Å². The molecule has 6 heteroatoms. The summed E-state index contributed by atoms with van der Waals surface area (Å²) in [6.07, 6.45) is 0.225. The number of nitrogens with two attached hydrogens (primary N) is 1. The van der Waals surface area contributed by atoms with Crippen LogP contribution in [-0.2, 0) is 16.1 Å². The van der Waals surface area contributed by atoms with Crippen molar-refractivity contribution >= 4 is 23.4 Å². The quantitative estimate of drug-likeness (QED) is 0.863. The van der Waals surface area contributed by atoms with Crippen molar-refractivity contribution in [2.45, 2.75) is 32.4 Å². The number of nitrogens with one attached hydrogen (secondary N) is 1. The molecule has 2 rings (SSSR count). The second kappa shape index (κ2) is 6.67. The summed E-state index contributed by atoms with van der Waals surface area (Å²) in [5.74, 6) is -0.502. The number of rotatable bonds is 5. The van der Waals surface area contributed by atoms with Crippen LogP contribution in [-0.4, -0.2) is 35.3 Å². The van der Waals surface area contributed by atoms with Crippen LogP contribution in [0.1, 0.15) is 25.8 Å². The first kappa shape index (κ1) is 16.8. The molecule has 0 unspecified atom stereocenters. The third kappa shape index (κ3) is 3.78. The topological polar surface area (TPSA) is 75.4 Å². The molecule has 0 bridgehead atoms. The van der Waals surface area contributed by atoms with Crippen LogP contribution in [0, 0.1) is 5.92 Å². The van der Waals surface area contributed by atoms with Crippen LogP contribution in [0.25, 0.3) is 0 Å². The number of amides is 2. The molecule has 0 aromatic heterocycles. The Labute approximate surface area is 135 Å². The van der Waals surface area contributed by atoms with Crippen LogP contribution in [0.5, 0.6) is 0 Å². The molecular weight excluding hydrogens is 302 g/mol. The Hall–Kier alpha value is -1.59. The van der Waals surface area contributed by atoms with Gasteiger partial charge in [-0.15, -0.1) is 0 Å². The van der Waals surface area contributed by atoms with Crippen LogP contribution < -0.4 is 11.1 Å². The number of nitrogens with zero attached hydrogens (tertiary/aromatic N) is 1. The van der Waals surface area contributed by atoms with Crippen molar-refractivity contribution in [1.29, 1.82) is 0 Å². The van der Waals surface area contributed by atoms with Gasteiger partial charge < -0.3 is 16.0 Å². The molecular formula is C16H22ClN3O2. The summed E-state index contributed by atoms with van der Waals surface area (Å²) >= 11 is 5.99. The average molecular weight is 324 g/mol. The molecule has 0 saturated carbocycles. The van der Waals surface area contributed by atoms with E-state index in [0.717, 1.165) is 5.56 Å². The van der Waals surface area contributed by atoms with Crippen molar-refractivity contribution < 1.29 is 9.59 Å². The minimum Gasteiger partial charge on any atom is -0.350 e. The largest absolute Gasteiger partial charge is 0.350 e. The van der Waals surface area contributed by atoms with Crippen LogP contribution in [0.3, 0.4) is 0 Å². The zero-order chi connectivity index (χ0) is 16.3. The number of hydrogen-bond acceptors (Lipinski definition) is 3. The van der Waals surface area contributed by atoms with E-state index in [1.54, 1.807) is 11.0 Å². The predicted octanol–water partition coefficient (Wildman–Crippen LogP) is 1.54. The molecule has 1 heterocycles. The third-order valence-electron chi connectivity index (χ3n) is 3.99. The van der Waals surface area contributed by atoms with Crippen LogP contribution in [0.4, 0.5) is 0 Å². The van der Waals surface area contributed by atoms with Gasteiger partial charge in [-0.3, -0.25) is 9.59 Å². The van der Waals surface area contributed by atoms with E-state index in [0.29, 0.717) is 24.7 Å². The van der Waals surface area contributed by atoms with E-state index in [4.69, 9.17) is 17.3 Å². The van der Waals surface area contributed by atoms with E-state index >= 15 is 0 Å². The summed E-state index contributed by atoms with van der Waals surface area (Å²) in [6, 6.07) is 7.41. The van der Waals surface area contributed by atoms with Gasteiger partial charge in [0.05, 0.1) is 5.92 Å². The monoisotopic (exact) mass is 323 g/mol. The van der Waals surface area contributed by atoms with Gasteiger partial charge in [-0.05, 0) is 31.5 Å². The van der Waals surface area contributed by atoms with Gasteiger partial charge in [0.2, 0.25) is 11.8 Å². The minimum atomic E-state index is -0.532. The second-order valence-electron chi connectivity index (χ2n) is 6.20. The van der Waals surface area contributed by atoms with Crippen LogP contribution in [0.2, 0.25) is 5.02 Å². The maximum Gasteiger partial charge on any atom is 0.228 e.